The van der Waals surface area contributed by atoms with Crippen LogP contribution in [0.2, 0.25) is 0 Å². The summed E-state index contributed by atoms with van der Waals surface area (Å²) in [5.41, 5.74) is -0.395. The number of nitrogens with one attached hydrogen (secondary N) is 1. The van der Waals surface area contributed by atoms with Crippen LogP contribution in [-0.2, 0) is 4.79 Å². The summed E-state index contributed by atoms with van der Waals surface area (Å²) < 4.78 is 5.31. The van der Waals surface area contributed by atoms with Crippen LogP contribution in [0, 0.1) is 13.8 Å². The van der Waals surface area contributed by atoms with Gasteiger partial charge in [-0.1, -0.05) is 12.8 Å². The number of carbonyl (C=O) groups is 2. The van der Waals surface area contributed by atoms with Gasteiger partial charge < -0.3 is 14.8 Å². The van der Waals surface area contributed by atoms with Crippen LogP contribution in [0.4, 0.5) is 0 Å². The molecular formula is C13H17NO4. The van der Waals surface area contributed by atoms with Crippen LogP contribution in [0.25, 0.3) is 0 Å². The third-order valence-corrected chi connectivity index (χ3v) is 3.47. The Morgan fingerprint density at radius 2 is 1.94 bits per heavy atom. The van der Waals surface area contributed by atoms with E-state index in [9.17, 15) is 14.7 Å². The Labute approximate surface area is 105 Å². The summed E-state index contributed by atoms with van der Waals surface area (Å²) >= 11 is 0. The van der Waals surface area contributed by atoms with Crippen molar-refractivity contribution in [3.05, 3.63) is 23.2 Å². The van der Waals surface area contributed by atoms with Gasteiger partial charge in [-0.2, -0.15) is 0 Å². The van der Waals surface area contributed by atoms with Crippen LogP contribution in [0.5, 0.6) is 0 Å². The molecule has 1 heterocycles. The highest BCUT2D eigenvalue weighted by molar-refractivity contribution is 5.97. The first-order valence-corrected chi connectivity index (χ1v) is 6.07. The molecule has 2 N–H and O–H groups in total. The maximum atomic E-state index is 12.1. The SMILES string of the molecule is Cc1cc(C)c(C(=O)NC2(C(=O)O)CCCC2)o1. The number of aryl methyl sites for hydroxylation is 2. The average molecular weight is 251 g/mol. The molecule has 0 unspecified atom stereocenters. The van der Waals surface area contributed by atoms with Gasteiger partial charge >= 0.3 is 5.97 Å². The van der Waals surface area contributed by atoms with Gasteiger partial charge in [0.05, 0.1) is 0 Å². The van der Waals surface area contributed by atoms with E-state index in [4.69, 9.17) is 4.42 Å². The fourth-order valence-corrected chi connectivity index (χ4v) is 2.51. The van der Waals surface area contributed by atoms with Gasteiger partial charge in [-0.15, -0.1) is 0 Å². The molecule has 5 nitrogen and oxygen atoms in total. The van der Waals surface area contributed by atoms with Crippen LogP contribution in [-0.4, -0.2) is 22.5 Å². The van der Waals surface area contributed by atoms with Gasteiger partial charge in [-0.3, -0.25) is 4.79 Å². The predicted molar refractivity (Wildman–Crippen MR) is 64.5 cm³/mol. The maximum Gasteiger partial charge on any atom is 0.329 e. The van der Waals surface area contributed by atoms with E-state index in [0.29, 0.717) is 18.6 Å². The highest BCUT2D eigenvalue weighted by Gasteiger charge is 2.43. The van der Waals surface area contributed by atoms with Crippen molar-refractivity contribution >= 4 is 11.9 Å². The molecule has 1 amide bonds. The summed E-state index contributed by atoms with van der Waals surface area (Å²) in [5.74, 6) is -0.548. The molecule has 5 heteroatoms. The molecule has 1 aliphatic rings. The molecule has 0 bridgehead atoms. The summed E-state index contributed by atoms with van der Waals surface area (Å²) in [5, 5.41) is 11.9. The number of hydrogen-bond acceptors (Lipinski definition) is 3. The van der Waals surface area contributed by atoms with Gasteiger partial charge in [-0.25, -0.2) is 4.79 Å². The van der Waals surface area contributed by atoms with E-state index in [1.165, 1.54) is 0 Å². The predicted octanol–water partition coefficient (Wildman–Crippen LogP) is 2.02. The number of aliphatic carboxylic acids is 1. The van der Waals surface area contributed by atoms with Crippen LogP contribution in [0.1, 0.15) is 47.6 Å². The van der Waals surface area contributed by atoms with Crippen molar-refractivity contribution in [1.82, 2.24) is 5.32 Å². The van der Waals surface area contributed by atoms with E-state index in [1.54, 1.807) is 19.9 Å². The fourth-order valence-electron chi connectivity index (χ4n) is 2.51. The van der Waals surface area contributed by atoms with Crippen molar-refractivity contribution in [2.24, 2.45) is 0 Å². The molecular weight excluding hydrogens is 234 g/mol. The van der Waals surface area contributed by atoms with E-state index < -0.39 is 17.4 Å². The van der Waals surface area contributed by atoms with Gasteiger partial charge in [0.1, 0.15) is 11.3 Å². The first kappa shape index (κ1) is 12.7. The third kappa shape index (κ3) is 2.12. The van der Waals surface area contributed by atoms with Crippen LogP contribution < -0.4 is 5.32 Å². The molecule has 0 saturated heterocycles. The van der Waals surface area contributed by atoms with Crippen molar-refractivity contribution < 1.29 is 19.1 Å². The lowest BCUT2D eigenvalue weighted by atomic mass is 9.97. The van der Waals surface area contributed by atoms with Crippen LogP contribution in [0.3, 0.4) is 0 Å². The highest BCUT2D eigenvalue weighted by atomic mass is 16.4. The summed E-state index contributed by atoms with van der Waals surface area (Å²) in [6.07, 6.45) is 2.60. The molecule has 0 aliphatic heterocycles. The van der Waals surface area contributed by atoms with Gasteiger partial charge in [0.2, 0.25) is 0 Å². The first-order valence-electron chi connectivity index (χ1n) is 6.07. The van der Waals surface area contributed by atoms with E-state index in [0.717, 1.165) is 18.4 Å². The lowest BCUT2D eigenvalue weighted by Crippen LogP contribution is -2.52. The Balaban J connectivity index is 2.20. The zero-order chi connectivity index (χ0) is 13.3. The number of hydrogen-bond donors (Lipinski definition) is 2. The second kappa shape index (κ2) is 4.48. The van der Waals surface area contributed by atoms with Gasteiger partial charge in [0.15, 0.2) is 5.76 Å². The third-order valence-electron chi connectivity index (χ3n) is 3.47. The van der Waals surface area contributed by atoms with Crippen LogP contribution in [0.15, 0.2) is 10.5 Å². The second-order valence-corrected chi connectivity index (χ2v) is 4.92. The lowest BCUT2D eigenvalue weighted by Gasteiger charge is -2.24. The summed E-state index contributed by atoms with van der Waals surface area (Å²) in [6, 6.07) is 1.76. The molecule has 2 rings (SSSR count). The minimum atomic E-state index is -1.12. The summed E-state index contributed by atoms with van der Waals surface area (Å²) in [6.45, 7) is 3.53. The van der Waals surface area contributed by atoms with Crippen molar-refractivity contribution in [3.63, 3.8) is 0 Å². The lowest BCUT2D eigenvalue weighted by molar-refractivity contribution is -0.144. The first-order chi connectivity index (χ1) is 8.44. The molecule has 1 aliphatic carbocycles. The smallest absolute Gasteiger partial charge is 0.329 e. The number of carbonyl (C=O) groups excluding carboxylic acids is 1. The standard InChI is InChI=1S/C13H17NO4/c1-8-7-9(2)18-10(8)11(15)14-13(12(16)17)5-3-4-6-13/h7H,3-6H2,1-2H3,(H,14,15)(H,16,17). The van der Waals surface area contributed by atoms with E-state index in [-0.39, 0.29) is 5.76 Å². The van der Waals surface area contributed by atoms with Crippen LogP contribution >= 0.6 is 0 Å². The molecule has 1 aromatic heterocycles. The van der Waals surface area contributed by atoms with Crippen molar-refractivity contribution in [2.75, 3.05) is 0 Å². The largest absolute Gasteiger partial charge is 0.480 e. The van der Waals surface area contributed by atoms with E-state index in [1.807, 2.05) is 0 Å². The highest BCUT2D eigenvalue weighted by Crippen LogP contribution is 2.30. The summed E-state index contributed by atoms with van der Waals surface area (Å²) in [7, 11) is 0. The average Bonchev–Trinajstić information content (AvgIpc) is 2.86. The molecule has 1 aromatic rings. The normalized spacial score (nSPS) is 17.7. The number of rotatable bonds is 3. The molecule has 18 heavy (non-hydrogen) atoms. The number of amides is 1. The van der Waals surface area contributed by atoms with Crippen molar-refractivity contribution in [2.45, 2.75) is 45.1 Å². The Kier molecular flexibility index (Phi) is 3.15. The van der Waals surface area contributed by atoms with E-state index >= 15 is 0 Å². The minimum Gasteiger partial charge on any atom is -0.480 e. The monoisotopic (exact) mass is 251 g/mol. The number of furan rings is 1. The van der Waals surface area contributed by atoms with Crippen molar-refractivity contribution in [1.29, 1.82) is 0 Å². The molecule has 0 atom stereocenters. The molecule has 1 saturated carbocycles. The Hall–Kier alpha value is -1.78. The van der Waals surface area contributed by atoms with Crippen molar-refractivity contribution in [3.8, 4) is 0 Å². The fraction of sp³-hybridized carbons (Fsp3) is 0.538. The molecule has 0 aromatic carbocycles. The molecule has 0 radical (unpaired) electrons. The minimum absolute atomic E-state index is 0.208. The number of carboxylic acid groups (broad SMARTS) is 1. The zero-order valence-corrected chi connectivity index (χ0v) is 10.6. The Morgan fingerprint density at radius 3 is 2.39 bits per heavy atom. The van der Waals surface area contributed by atoms with Gasteiger partial charge in [0, 0.05) is 5.56 Å². The second-order valence-electron chi connectivity index (χ2n) is 4.92. The van der Waals surface area contributed by atoms with Gasteiger partial charge in [-0.05, 0) is 32.8 Å². The number of carboxylic acids is 1. The van der Waals surface area contributed by atoms with Gasteiger partial charge in [0.25, 0.3) is 5.91 Å². The molecule has 1 fully saturated rings. The molecule has 0 spiro atoms. The Morgan fingerprint density at radius 1 is 1.33 bits per heavy atom. The summed E-state index contributed by atoms with van der Waals surface area (Å²) in [4.78, 5) is 23.4. The molecule has 98 valence electrons. The zero-order valence-electron chi connectivity index (χ0n) is 10.6. The van der Waals surface area contributed by atoms with E-state index in [2.05, 4.69) is 5.32 Å². The topological polar surface area (TPSA) is 79.5 Å². The Bertz CT molecular complexity index is 483. The maximum absolute atomic E-state index is 12.1. The quantitative estimate of drug-likeness (QED) is 0.861.